The van der Waals surface area contributed by atoms with Crippen LogP contribution in [-0.4, -0.2) is 31.0 Å². The van der Waals surface area contributed by atoms with E-state index >= 15 is 0 Å². The van der Waals surface area contributed by atoms with Gasteiger partial charge in [0.2, 0.25) is 11.8 Å². The molecular formula is C9H10N2O2S4. The maximum absolute atomic E-state index is 11.7. The van der Waals surface area contributed by atoms with E-state index in [0.717, 1.165) is 6.42 Å². The zero-order chi connectivity index (χ0) is 12.6. The van der Waals surface area contributed by atoms with Crippen molar-refractivity contribution >= 4 is 68.4 Å². The van der Waals surface area contributed by atoms with E-state index in [2.05, 4.69) is 10.6 Å². The molecule has 8 heteroatoms. The maximum atomic E-state index is 11.7. The fourth-order valence-corrected chi connectivity index (χ4v) is 4.97. The van der Waals surface area contributed by atoms with Gasteiger partial charge in [-0.05, 0) is 0 Å². The Labute approximate surface area is 118 Å². The van der Waals surface area contributed by atoms with Gasteiger partial charge in [0.05, 0.1) is 10.5 Å². The van der Waals surface area contributed by atoms with Crippen LogP contribution in [0.5, 0.6) is 0 Å². The van der Waals surface area contributed by atoms with Crippen molar-refractivity contribution in [1.82, 2.24) is 10.6 Å². The summed E-state index contributed by atoms with van der Waals surface area (Å²) in [5.41, 5.74) is 0. The van der Waals surface area contributed by atoms with E-state index in [1.54, 1.807) is 0 Å². The van der Waals surface area contributed by atoms with Gasteiger partial charge in [-0.15, -0.1) is 0 Å². The van der Waals surface area contributed by atoms with Crippen LogP contribution in [0.1, 0.15) is 13.3 Å². The van der Waals surface area contributed by atoms with E-state index in [-0.39, 0.29) is 28.2 Å². The lowest BCUT2D eigenvalue weighted by Crippen LogP contribution is -2.38. The lowest BCUT2D eigenvalue weighted by molar-refractivity contribution is -0.121. The molecule has 0 aromatic rings. The molecule has 0 aromatic carbocycles. The van der Waals surface area contributed by atoms with Crippen molar-refractivity contribution < 1.29 is 9.59 Å². The van der Waals surface area contributed by atoms with Gasteiger partial charge in [0, 0.05) is 5.92 Å². The summed E-state index contributed by atoms with van der Waals surface area (Å²) in [6.45, 7) is 1.97. The number of hydrogen-bond donors (Lipinski definition) is 2. The molecule has 2 rings (SSSR count). The third-order valence-corrected chi connectivity index (χ3v) is 5.73. The fourth-order valence-electron chi connectivity index (χ4n) is 1.89. The number of nitrogens with one attached hydrogen (secondary N) is 2. The number of carbonyl (C=O) groups is 2. The largest absolute Gasteiger partial charge is 0.311 e. The molecule has 0 saturated carbocycles. The van der Waals surface area contributed by atoms with Crippen LogP contribution in [0.15, 0.2) is 0 Å². The van der Waals surface area contributed by atoms with Gasteiger partial charge >= 0.3 is 0 Å². The highest BCUT2D eigenvalue weighted by molar-refractivity contribution is 8.25. The van der Waals surface area contributed by atoms with Crippen LogP contribution in [-0.2, 0) is 9.59 Å². The standard InChI is InChI=1S/C9H10N2O2S4/c1-2-3(4-6(12)10-8(14)16-4)5-7(13)11-9(15)17-5/h3-5H,2H2,1H3,(H,10,12,14)(H,11,13,15). The summed E-state index contributed by atoms with van der Waals surface area (Å²) >= 11 is 12.6. The van der Waals surface area contributed by atoms with Gasteiger partial charge in [-0.1, -0.05) is 61.3 Å². The summed E-state index contributed by atoms with van der Waals surface area (Å²) in [6, 6.07) is 0. The fraction of sp³-hybridized carbons (Fsp3) is 0.556. The minimum Gasteiger partial charge on any atom is -0.311 e. The molecule has 2 aliphatic heterocycles. The minimum absolute atomic E-state index is 0.0501. The first-order valence-corrected chi connectivity index (χ1v) is 7.63. The predicted molar refractivity (Wildman–Crippen MR) is 78.0 cm³/mol. The first kappa shape index (κ1) is 13.3. The lowest BCUT2D eigenvalue weighted by Gasteiger charge is -2.22. The summed E-state index contributed by atoms with van der Waals surface area (Å²) in [5.74, 6) is -0.248. The van der Waals surface area contributed by atoms with Crippen molar-refractivity contribution in [3.8, 4) is 0 Å². The summed E-state index contributed by atoms with van der Waals surface area (Å²) in [6.07, 6.45) is 0.738. The molecule has 92 valence electrons. The molecule has 17 heavy (non-hydrogen) atoms. The highest BCUT2D eigenvalue weighted by Crippen LogP contribution is 2.37. The number of rotatable bonds is 3. The Morgan fingerprint density at radius 2 is 1.53 bits per heavy atom. The molecule has 2 N–H and O–H groups in total. The SMILES string of the molecule is CCC(C1SC(=S)NC1=O)C1SC(=S)NC1=O. The van der Waals surface area contributed by atoms with E-state index in [1.165, 1.54) is 23.5 Å². The monoisotopic (exact) mass is 306 g/mol. The predicted octanol–water partition coefficient (Wildman–Crippen LogP) is 1.05. The average molecular weight is 306 g/mol. The molecule has 0 radical (unpaired) electrons. The number of thioether (sulfide) groups is 2. The van der Waals surface area contributed by atoms with Crippen molar-refractivity contribution in [2.75, 3.05) is 0 Å². The van der Waals surface area contributed by atoms with Crippen molar-refractivity contribution in [2.45, 2.75) is 23.8 Å². The summed E-state index contributed by atoms with van der Waals surface area (Å²) in [7, 11) is 0. The van der Waals surface area contributed by atoms with Gasteiger partial charge in [0.15, 0.2) is 0 Å². The third-order valence-electron chi connectivity index (χ3n) is 2.68. The van der Waals surface area contributed by atoms with Crippen molar-refractivity contribution in [2.24, 2.45) is 5.92 Å². The molecule has 0 spiro atoms. The number of hydrogen-bond acceptors (Lipinski definition) is 6. The molecule has 2 aliphatic rings. The van der Waals surface area contributed by atoms with E-state index in [4.69, 9.17) is 24.4 Å². The molecule has 2 amide bonds. The maximum Gasteiger partial charge on any atom is 0.239 e. The Morgan fingerprint density at radius 3 is 1.76 bits per heavy atom. The summed E-state index contributed by atoms with van der Waals surface area (Å²) < 4.78 is 0.980. The van der Waals surface area contributed by atoms with Crippen molar-refractivity contribution in [3.63, 3.8) is 0 Å². The molecule has 2 fully saturated rings. The number of carbonyl (C=O) groups excluding carboxylic acids is 2. The second-order valence-corrected chi connectivity index (χ2v) is 7.34. The Bertz CT molecular complexity index is 376. The normalized spacial score (nSPS) is 30.4. The second kappa shape index (κ2) is 5.21. The van der Waals surface area contributed by atoms with Crippen LogP contribution in [0.2, 0.25) is 0 Å². The van der Waals surface area contributed by atoms with Crippen molar-refractivity contribution in [3.05, 3.63) is 0 Å². The van der Waals surface area contributed by atoms with Crippen LogP contribution in [0.3, 0.4) is 0 Å². The van der Waals surface area contributed by atoms with Gasteiger partial charge < -0.3 is 10.6 Å². The van der Waals surface area contributed by atoms with Crippen LogP contribution in [0.4, 0.5) is 0 Å². The van der Waals surface area contributed by atoms with E-state index < -0.39 is 0 Å². The van der Waals surface area contributed by atoms with Crippen LogP contribution in [0.25, 0.3) is 0 Å². The second-order valence-electron chi connectivity index (χ2n) is 3.70. The smallest absolute Gasteiger partial charge is 0.239 e. The molecule has 2 atom stereocenters. The van der Waals surface area contributed by atoms with E-state index in [9.17, 15) is 9.59 Å². The van der Waals surface area contributed by atoms with Gasteiger partial charge in [-0.3, -0.25) is 9.59 Å². The summed E-state index contributed by atoms with van der Waals surface area (Å²) in [4.78, 5) is 23.5. The molecular weight excluding hydrogens is 296 g/mol. The highest BCUT2D eigenvalue weighted by Gasteiger charge is 2.44. The molecule has 4 nitrogen and oxygen atoms in total. The minimum atomic E-state index is -0.281. The molecule has 0 aromatic heterocycles. The molecule has 2 saturated heterocycles. The Morgan fingerprint density at radius 1 is 1.12 bits per heavy atom. The average Bonchev–Trinajstić information content (AvgIpc) is 2.73. The van der Waals surface area contributed by atoms with Crippen molar-refractivity contribution in [1.29, 1.82) is 0 Å². The van der Waals surface area contributed by atoms with Gasteiger partial charge in [-0.2, -0.15) is 0 Å². The molecule has 0 bridgehead atoms. The van der Waals surface area contributed by atoms with Gasteiger partial charge in [0.25, 0.3) is 0 Å². The lowest BCUT2D eigenvalue weighted by atomic mass is 9.96. The zero-order valence-electron chi connectivity index (χ0n) is 8.89. The highest BCUT2D eigenvalue weighted by atomic mass is 32.2. The topological polar surface area (TPSA) is 58.2 Å². The van der Waals surface area contributed by atoms with Crippen LogP contribution >= 0.6 is 48.0 Å². The number of amides is 2. The van der Waals surface area contributed by atoms with Gasteiger partial charge in [-0.25, -0.2) is 0 Å². The molecule has 2 heterocycles. The third kappa shape index (κ3) is 2.64. The quantitative estimate of drug-likeness (QED) is 0.760. The summed E-state index contributed by atoms with van der Waals surface area (Å²) in [5, 5.41) is 4.66. The Balaban J connectivity index is 2.16. The molecule has 2 unspecified atom stereocenters. The van der Waals surface area contributed by atoms with Crippen LogP contribution in [0, 0.1) is 5.92 Å². The Kier molecular flexibility index (Phi) is 4.06. The number of thiocarbonyl (C=S) groups is 2. The van der Waals surface area contributed by atoms with Crippen LogP contribution < -0.4 is 10.6 Å². The Hall–Kier alpha value is -0.180. The zero-order valence-corrected chi connectivity index (χ0v) is 12.2. The van der Waals surface area contributed by atoms with E-state index in [1.807, 2.05) is 6.92 Å². The van der Waals surface area contributed by atoms with E-state index in [0.29, 0.717) is 8.64 Å². The van der Waals surface area contributed by atoms with Gasteiger partial charge in [0.1, 0.15) is 8.64 Å². The first-order valence-electron chi connectivity index (χ1n) is 5.06. The first-order chi connectivity index (χ1) is 8.02. The molecule has 0 aliphatic carbocycles.